The minimum Gasteiger partial charge on any atom is -0.486 e. The summed E-state index contributed by atoms with van der Waals surface area (Å²) in [6.45, 7) is 6.48. The second kappa shape index (κ2) is 4.80. The van der Waals surface area contributed by atoms with Gasteiger partial charge >= 0.3 is 0 Å². The minimum atomic E-state index is -0.375. The van der Waals surface area contributed by atoms with Crippen LogP contribution >= 0.6 is 0 Å². The summed E-state index contributed by atoms with van der Waals surface area (Å²) in [7, 11) is 0. The summed E-state index contributed by atoms with van der Waals surface area (Å²) in [5, 5.41) is 0. The fraction of sp³-hybridized carbons (Fsp3) is 0.500. The molecule has 0 radical (unpaired) electrons. The van der Waals surface area contributed by atoms with E-state index in [1.807, 2.05) is 12.1 Å². The Morgan fingerprint density at radius 2 is 1.74 bits per heavy atom. The van der Waals surface area contributed by atoms with E-state index >= 15 is 0 Å². The third-order valence-corrected chi connectivity index (χ3v) is 5.85. The summed E-state index contributed by atoms with van der Waals surface area (Å²) >= 11 is 0. The topological polar surface area (TPSA) is 43.4 Å². The highest BCUT2D eigenvalue weighted by atomic mass is 16.5. The van der Waals surface area contributed by atoms with E-state index in [9.17, 15) is 9.59 Å². The number of ether oxygens (including phenoxy) is 1. The molecule has 2 aliphatic carbocycles. The van der Waals surface area contributed by atoms with Gasteiger partial charge in [-0.05, 0) is 38.5 Å². The lowest BCUT2D eigenvalue weighted by molar-refractivity contribution is -0.115. The zero-order valence-electron chi connectivity index (χ0n) is 13.9. The van der Waals surface area contributed by atoms with Crippen LogP contribution in [0.15, 0.2) is 29.8 Å². The SMILES string of the molecule is C[C@H]1CC[C@@H]2[C@@H](C1)C1=C(OC2(C)C)c2ccccc2C(=O)C1=O. The van der Waals surface area contributed by atoms with E-state index in [-0.39, 0.29) is 23.1 Å². The molecule has 0 amide bonds. The fourth-order valence-electron chi connectivity index (χ4n) is 4.69. The lowest BCUT2D eigenvalue weighted by Crippen LogP contribution is -2.49. The summed E-state index contributed by atoms with van der Waals surface area (Å²) < 4.78 is 6.33. The molecule has 0 N–H and O–H groups in total. The first-order valence-electron chi connectivity index (χ1n) is 8.51. The van der Waals surface area contributed by atoms with Crippen molar-refractivity contribution in [1.82, 2.24) is 0 Å². The molecular formula is C20H22O3. The molecule has 0 unspecified atom stereocenters. The van der Waals surface area contributed by atoms with Crippen LogP contribution in [0.1, 0.15) is 56.0 Å². The van der Waals surface area contributed by atoms with E-state index in [1.165, 1.54) is 0 Å². The molecule has 0 aromatic heterocycles. The van der Waals surface area contributed by atoms with E-state index in [0.717, 1.165) is 24.8 Å². The van der Waals surface area contributed by atoms with Crippen LogP contribution in [0.3, 0.4) is 0 Å². The Morgan fingerprint density at radius 3 is 2.48 bits per heavy atom. The molecule has 3 atom stereocenters. The Balaban J connectivity index is 1.94. The van der Waals surface area contributed by atoms with Gasteiger partial charge in [0.25, 0.3) is 0 Å². The number of hydrogen-bond donors (Lipinski definition) is 0. The average Bonchev–Trinajstić information content (AvgIpc) is 2.51. The van der Waals surface area contributed by atoms with Crippen LogP contribution in [0.25, 0.3) is 5.76 Å². The van der Waals surface area contributed by atoms with Crippen LogP contribution in [-0.4, -0.2) is 17.2 Å². The lowest BCUT2D eigenvalue weighted by atomic mass is 9.62. The number of benzene rings is 1. The van der Waals surface area contributed by atoms with Crippen LogP contribution in [0.5, 0.6) is 0 Å². The van der Waals surface area contributed by atoms with Crippen molar-refractivity contribution in [1.29, 1.82) is 0 Å². The van der Waals surface area contributed by atoms with E-state index in [0.29, 0.717) is 28.7 Å². The number of allylic oxidation sites excluding steroid dienone is 1. The van der Waals surface area contributed by atoms with Crippen LogP contribution in [0.2, 0.25) is 0 Å². The molecule has 1 aromatic carbocycles. The van der Waals surface area contributed by atoms with Crippen molar-refractivity contribution in [3.63, 3.8) is 0 Å². The molecule has 4 rings (SSSR count). The van der Waals surface area contributed by atoms with Gasteiger partial charge in [-0.1, -0.05) is 37.6 Å². The molecule has 1 aliphatic heterocycles. The second-order valence-corrected chi connectivity index (χ2v) is 7.78. The summed E-state index contributed by atoms with van der Waals surface area (Å²) in [5.74, 6) is 0.962. The quantitative estimate of drug-likeness (QED) is 0.680. The Kier molecular flexibility index (Phi) is 3.06. The molecule has 3 aliphatic rings. The van der Waals surface area contributed by atoms with Gasteiger partial charge < -0.3 is 4.74 Å². The number of carbonyl (C=O) groups excluding carboxylic acids is 2. The normalized spacial score (nSPS) is 31.9. The van der Waals surface area contributed by atoms with Crippen molar-refractivity contribution in [2.24, 2.45) is 17.8 Å². The molecule has 3 nitrogen and oxygen atoms in total. The first-order chi connectivity index (χ1) is 10.9. The molecule has 120 valence electrons. The van der Waals surface area contributed by atoms with Gasteiger partial charge in [0.15, 0.2) is 0 Å². The van der Waals surface area contributed by atoms with E-state index < -0.39 is 0 Å². The van der Waals surface area contributed by atoms with E-state index in [1.54, 1.807) is 12.1 Å². The van der Waals surface area contributed by atoms with Gasteiger partial charge in [-0.15, -0.1) is 0 Å². The van der Waals surface area contributed by atoms with Gasteiger partial charge in [-0.25, -0.2) is 0 Å². The monoisotopic (exact) mass is 310 g/mol. The highest BCUT2D eigenvalue weighted by Crippen LogP contribution is 2.53. The van der Waals surface area contributed by atoms with Crippen molar-refractivity contribution >= 4 is 17.3 Å². The lowest BCUT2D eigenvalue weighted by Gasteiger charge is -2.50. The maximum atomic E-state index is 12.8. The number of carbonyl (C=O) groups is 2. The van der Waals surface area contributed by atoms with Crippen molar-refractivity contribution < 1.29 is 14.3 Å². The van der Waals surface area contributed by atoms with Crippen molar-refractivity contribution in [3.8, 4) is 0 Å². The van der Waals surface area contributed by atoms with Crippen molar-refractivity contribution in [2.45, 2.75) is 45.6 Å². The number of rotatable bonds is 0. The van der Waals surface area contributed by atoms with Crippen molar-refractivity contribution in [3.05, 3.63) is 41.0 Å². The van der Waals surface area contributed by atoms with Gasteiger partial charge in [-0.3, -0.25) is 9.59 Å². The second-order valence-electron chi connectivity index (χ2n) is 7.78. The maximum Gasteiger partial charge on any atom is 0.234 e. The summed E-state index contributed by atoms with van der Waals surface area (Å²) in [6.07, 6.45) is 3.19. The Labute approximate surface area is 136 Å². The first kappa shape index (κ1) is 14.7. The number of fused-ring (bicyclic) bond motifs is 4. The van der Waals surface area contributed by atoms with E-state index in [2.05, 4.69) is 20.8 Å². The smallest absolute Gasteiger partial charge is 0.234 e. The predicted octanol–water partition coefficient (Wildman–Crippen LogP) is 4.02. The van der Waals surface area contributed by atoms with Gasteiger partial charge in [-0.2, -0.15) is 0 Å². The van der Waals surface area contributed by atoms with Gasteiger partial charge in [0.2, 0.25) is 11.6 Å². The zero-order valence-corrected chi connectivity index (χ0v) is 13.9. The third-order valence-electron chi connectivity index (χ3n) is 5.85. The molecule has 1 heterocycles. The largest absolute Gasteiger partial charge is 0.486 e. The van der Waals surface area contributed by atoms with Gasteiger partial charge in [0, 0.05) is 22.6 Å². The average molecular weight is 310 g/mol. The highest BCUT2D eigenvalue weighted by molar-refractivity contribution is 6.52. The highest BCUT2D eigenvalue weighted by Gasteiger charge is 2.51. The molecule has 0 saturated heterocycles. The Morgan fingerprint density at radius 1 is 1.04 bits per heavy atom. The van der Waals surface area contributed by atoms with Crippen LogP contribution < -0.4 is 0 Å². The number of Topliss-reactive ketones (excluding diaryl/α,β-unsaturated/α-hetero) is 2. The number of hydrogen-bond acceptors (Lipinski definition) is 3. The van der Waals surface area contributed by atoms with Crippen LogP contribution in [-0.2, 0) is 9.53 Å². The Bertz CT molecular complexity index is 741. The zero-order chi connectivity index (χ0) is 16.4. The summed E-state index contributed by atoms with van der Waals surface area (Å²) in [4.78, 5) is 25.4. The molecular weight excluding hydrogens is 288 g/mol. The third kappa shape index (κ3) is 2.02. The standard InChI is InChI=1S/C20H22O3/c1-11-8-9-15-14(10-11)16-18(22)17(21)12-6-4-5-7-13(12)19(16)23-20(15,2)3/h4-7,11,14-15H,8-10H2,1-3H3/t11-,14+,15+/m0/s1. The number of ketones is 2. The molecule has 0 spiro atoms. The van der Waals surface area contributed by atoms with E-state index in [4.69, 9.17) is 4.74 Å². The molecule has 1 saturated carbocycles. The molecule has 0 bridgehead atoms. The van der Waals surface area contributed by atoms with Crippen LogP contribution in [0.4, 0.5) is 0 Å². The summed E-state index contributed by atoms with van der Waals surface area (Å²) in [6, 6.07) is 7.33. The molecule has 3 heteroatoms. The van der Waals surface area contributed by atoms with Crippen LogP contribution in [0, 0.1) is 17.8 Å². The van der Waals surface area contributed by atoms with Gasteiger partial charge in [0.05, 0.1) is 0 Å². The fourth-order valence-corrected chi connectivity index (χ4v) is 4.69. The predicted molar refractivity (Wildman–Crippen MR) is 87.9 cm³/mol. The maximum absolute atomic E-state index is 12.8. The van der Waals surface area contributed by atoms with Crippen molar-refractivity contribution in [2.75, 3.05) is 0 Å². The Hall–Kier alpha value is -1.90. The minimum absolute atomic E-state index is 0.141. The summed E-state index contributed by atoms with van der Waals surface area (Å²) in [5.41, 5.74) is 1.60. The molecule has 1 fully saturated rings. The first-order valence-corrected chi connectivity index (χ1v) is 8.51. The molecule has 1 aromatic rings. The van der Waals surface area contributed by atoms with Gasteiger partial charge in [0.1, 0.15) is 11.4 Å². The molecule has 23 heavy (non-hydrogen) atoms.